The Morgan fingerprint density at radius 2 is 0.797 bits per heavy atom. The van der Waals surface area contributed by atoms with Crippen LogP contribution in [0.1, 0.15) is 119 Å². The van der Waals surface area contributed by atoms with Crippen molar-refractivity contribution in [3.05, 3.63) is 183 Å². The molecule has 0 aliphatic heterocycles. The van der Waals surface area contributed by atoms with E-state index in [1.54, 1.807) is 27.8 Å². The van der Waals surface area contributed by atoms with Crippen LogP contribution in [0.2, 0.25) is 0 Å². The topological polar surface area (TPSA) is 0 Å². The molecule has 5 heteroatoms. The molecule has 0 fully saturated rings. The molecule has 304 valence electrons. The molecular formula is C54H53Br5. The fraction of sp³-hybridized carbons (Fsp3) is 0.333. The molecule has 4 aliphatic carbocycles. The third-order valence-corrected chi connectivity index (χ3v) is 15.3. The normalized spacial score (nSPS) is 13.6. The van der Waals surface area contributed by atoms with Gasteiger partial charge in [0.1, 0.15) is 0 Å². The second kappa shape index (κ2) is 20.7. The minimum absolute atomic E-state index is 0.531. The number of halogens is 5. The van der Waals surface area contributed by atoms with E-state index in [1.807, 2.05) is 0 Å². The van der Waals surface area contributed by atoms with Crippen LogP contribution in [0.15, 0.2) is 127 Å². The number of aryl methyl sites for hydroxylation is 6. The zero-order valence-electron chi connectivity index (χ0n) is 33.9. The first-order valence-electron chi connectivity index (χ1n) is 21.8. The van der Waals surface area contributed by atoms with Crippen molar-refractivity contribution in [3.63, 3.8) is 0 Å². The van der Waals surface area contributed by atoms with E-state index in [1.165, 1.54) is 155 Å². The third-order valence-electron chi connectivity index (χ3n) is 12.8. The molecule has 6 aromatic rings. The van der Waals surface area contributed by atoms with Crippen molar-refractivity contribution >= 4 is 79.6 Å². The van der Waals surface area contributed by atoms with Crippen LogP contribution in [0, 0.1) is 0 Å². The van der Waals surface area contributed by atoms with E-state index in [-0.39, 0.29) is 0 Å². The van der Waals surface area contributed by atoms with E-state index in [9.17, 15) is 0 Å². The molecule has 0 saturated carbocycles. The van der Waals surface area contributed by atoms with Crippen molar-refractivity contribution in [2.45, 2.75) is 109 Å². The molecule has 4 aliphatic rings. The van der Waals surface area contributed by atoms with E-state index >= 15 is 0 Å². The maximum absolute atomic E-state index is 3.68. The molecule has 0 saturated heterocycles. The van der Waals surface area contributed by atoms with E-state index in [0.717, 1.165) is 20.7 Å². The van der Waals surface area contributed by atoms with Gasteiger partial charge in [0.05, 0.1) is 0 Å². The molecule has 0 nitrogen and oxygen atoms in total. The SMILES string of the molecule is BrCCCCCCc1ccc2c(c1)CC2.Brc1ccc2c(c1)C(CCCCCCc1ccc3c(c1)CC3)c1cc(Br)ccc1-2.Brc1ccc2c(c1)Cc1cc(Br)ccc1-2. The van der Waals surface area contributed by atoms with Crippen LogP contribution < -0.4 is 0 Å². The minimum atomic E-state index is 0.531. The molecular weight excluding hydrogens is 1050 g/mol. The Hall–Kier alpha value is -2.28. The first-order chi connectivity index (χ1) is 28.8. The Morgan fingerprint density at radius 1 is 0.373 bits per heavy atom. The lowest BCUT2D eigenvalue weighted by Gasteiger charge is -2.19. The van der Waals surface area contributed by atoms with E-state index < -0.39 is 0 Å². The number of rotatable bonds is 13. The van der Waals surface area contributed by atoms with Crippen LogP contribution in [0.3, 0.4) is 0 Å². The lowest BCUT2D eigenvalue weighted by molar-refractivity contribution is 0.588. The highest BCUT2D eigenvalue weighted by Gasteiger charge is 2.28. The third kappa shape index (κ3) is 10.9. The number of benzene rings is 6. The van der Waals surface area contributed by atoms with Gasteiger partial charge >= 0.3 is 0 Å². The second-order valence-corrected chi connectivity index (χ2v) is 21.3. The highest BCUT2D eigenvalue weighted by atomic mass is 79.9. The predicted molar refractivity (Wildman–Crippen MR) is 270 cm³/mol. The summed E-state index contributed by atoms with van der Waals surface area (Å²) >= 11 is 17.9. The minimum Gasteiger partial charge on any atom is -0.0928 e. The van der Waals surface area contributed by atoms with Gasteiger partial charge in [0, 0.05) is 29.1 Å². The van der Waals surface area contributed by atoms with Gasteiger partial charge in [0.15, 0.2) is 0 Å². The summed E-state index contributed by atoms with van der Waals surface area (Å²) in [6, 6.07) is 40.8. The monoisotopic (exact) mass is 1100 g/mol. The largest absolute Gasteiger partial charge is 0.0928 e. The molecule has 0 aromatic heterocycles. The average molecular weight is 1100 g/mol. The van der Waals surface area contributed by atoms with Gasteiger partial charge in [-0.25, -0.2) is 0 Å². The molecule has 10 rings (SSSR count). The fourth-order valence-corrected chi connectivity index (χ4v) is 11.3. The first kappa shape index (κ1) is 43.4. The maximum Gasteiger partial charge on any atom is 0.0178 e. The van der Waals surface area contributed by atoms with Gasteiger partial charge in [-0.1, -0.05) is 172 Å². The lowest BCUT2D eigenvalue weighted by Crippen LogP contribution is -2.08. The van der Waals surface area contributed by atoms with Crippen molar-refractivity contribution < 1.29 is 0 Å². The molecule has 59 heavy (non-hydrogen) atoms. The Morgan fingerprint density at radius 3 is 1.24 bits per heavy atom. The smallest absolute Gasteiger partial charge is 0.0178 e. The Bertz CT molecular complexity index is 2310. The fourth-order valence-electron chi connectivity index (χ4n) is 9.38. The molecule has 0 amide bonds. The van der Waals surface area contributed by atoms with E-state index in [2.05, 4.69) is 189 Å². The first-order valence-corrected chi connectivity index (χ1v) is 26.1. The van der Waals surface area contributed by atoms with E-state index in [0.29, 0.717) is 5.92 Å². The van der Waals surface area contributed by atoms with Gasteiger partial charge in [0.25, 0.3) is 0 Å². The second-order valence-electron chi connectivity index (χ2n) is 16.8. The highest BCUT2D eigenvalue weighted by molar-refractivity contribution is 9.11. The summed E-state index contributed by atoms with van der Waals surface area (Å²) in [5.74, 6) is 0.531. The summed E-state index contributed by atoms with van der Waals surface area (Å²) in [5, 5.41) is 1.16. The van der Waals surface area contributed by atoms with Crippen LogP contribution in [-0.2, 0) is 44.9 Å². The van der Waals surface area contributed by atoms with Crippen molar-refractivity contribution in [1.29, 1.82) is 0 Å². The molecule has 6 aromatic carbocycles. The molecule has 0 heterocycles. The van der Waals surface area contributed by atoms with Crippen LogP contribution >= 0.6 is 79.6 Å². The van der Waals surface area contributed by atoms with Gasteiger partial charge in [-0.2, -0.15) is 0 Å². The summed E-state index contributed by atoms with van der Waals surface area (Å²) in [6.45, 7) is 0. The van der Waals surface area contributed by atoms with Gasteiger partial charge in [-0.3, -0.25) is 0 Å². The molecule has 0 N–H and O–H groups in total. The van der Waals surface area contributed by atoms with Crippen LogP contribution in [0.5, 0.6) is 0 Å². The van der Waals surface area contributed by atoms with Crippen molar-refractivity contribution in [2.75, 3.05) is 5.33 Å². The number of hydrogen-bond acceptors (Lipinski definition) is 0. The van der Waals surface area contributed by atoms with Crippen molar-refractivity contribution in [3.8, 4) is 22.3 Å². The quantitative estimate of drug-likeness (QED) is 0.0797. The summed E-state index contributed by atoms with van der Waals surface area (Å²) in [6.07, 6.45) is 20.7. The number of unbranched alkanes of at least 4 members (excludes halogenated alkanes) is 6. The average Bonchev–Trinajstić information content (AvgIpc) is 3.71. The zero-order valence-corrected chi connectivity index (χ0v) is 41.8. The van der Waals surface area contributed by atoms with Crippen molar-refractivity contribution in [2.24, 2.45) is 0 Å². The Labute approximate surface area is 395 Å². The highest BCUT2D eigenvalue weighted by Crippen LogP contribution is 2.48. The lowest BCUT2D eigenvalue weighted by atomic mass is 9.86. The molecule has 0 radical (unpaired) electrons. The van der Waals surface area contributed by atoms with Gasteiger partial charge in [0.2, 0.25) is 0 Å². The summed E-state index contributed by atoms with van der Waals surface area (Å²) in [7, 11) is 0. The van der Waals surface area contributed by atoms with Gasteiger partial charge in [-0.15, -0.1) is 0 Å². The van der Waals surface area contributed by atoms with Gasteiger partial charge in [-0.05, 0) is 197 Å². The van der Waals surface area contributed by atoms with E-state index in [4.69, 9.17) is 0 Å². The molecule has 0 bridgehead atoms. The van der Waals surface area contributed by atoms with Gasteiger partial charge < -0.3 is 0 Å². The molecule has 0 spiro atoms. The van der Waals surface area contributed by atoms with Crippen LogP contribution in [0.4, 0.5) is 0 Å². The number of fused-ring (bicyclic) bond motifs is 8. The maximum atomic E-state index is 3.68. The Kier molecular flexibility index (Phi) is 15.2. The number of hydrogen-bond donors (Lipinski definition) is 0. The Balaban J connectivity index is 0.000000136. The van der Waals surface area contributed by atoms with Crippen LogP contribution in [0.25, 0.3) is 22.3 Å². The molecule has 0 atom stereocenters. The van der Waals surface area contributed by atoms with Crippen LogP contribution in [-0.4, -0.2) is 5.33 Å². The summed E-state index contributed by atoms with van der Waals surface area (Å²) in [5.41, 5.74) is 20.8. The number of alkyl halides is 1. The zero-order chi connectivity index (χ0) is 40.7. The summed E-state index contributed by atoms with van der Waals surface area (Å²) in [4.78, 5) is 0. The molecule has 0 unspecified atom stereocenters. The predicted octanol–water partition coefficient (Wildman–Crippen LogP) is 17.7. The summed E-state index contributed by atoms with van der Waals surface area (Å²) < 4.78 is 4.69. The van der Waals surface area contributed by atoms with Crippen molar-refractivity contribution in [1.82, 2.24) is 0 Å². The standard InChI is InChI=1S/C27H26Br2.C14H19Br.C13H8Br2/c28-21-11-13-24-25-14-12-22(29)17-27(25)23(26(24)16-21)6-4-2-1-3-5-18-7-8-19-9-10-20(19)15-18;15-10-4-2-1-3-5-12-6-7-13-8-9-14(13)11-12;14-10-1-3-12-8(6-10)5-9-7-11(15)2-4-13(9)12/h7-8,11-17,23H,1-6,9-10H2;6-7,11H,1-5,8-10H2;1-4,6-7H,5H2.